The number of hydrogen-bond donors (Lipinski definition) is 1. The maximum absolute atomic E-state index is 12.6. The number of nitrogens with one attached hydrogen (secondary N) is 1. The molecule has 1 aliphatic carbocycles. The van der Waals surface area contributed by atoms with E-state index in [9.17, 15) is 14.4 Å². The van der Waals surface area contributed by atoms with Crippen molar-refractivity contribution in [2.75, 3.05) is 13.1 Å². The van der Waals surface area contributed by atoms with Crippen molar-refractivity contribution in [3.63, 3.8) is 0 Å². The normalized spacial score (nSPS) is 21.0. The Kier molecular flexibility index (Phi) is 6.26. The minimum absolute atomic E-state index is 0.161. The summed E-state index contributed by atoms with van der Waals surface area (Å²) in [6.45, 7) is 0.322. The molecule has 1 N–H and O–H groups in total. The number of amides is 3. The molecule has 1 heterocycles. The molecule has 2 unspecified atom stereocenters. The van der Waals surface area contributed by atoms with E-state index in [1.54, 1.807) is 0 Å². The van der Waals surface area contributed by atoms with Gasteiger partial charge in [-0.1, -0.05) is 73.5 Å². The van der Waals surface area contributed by atoms with Crippen molar-refractivity contribution in [1.29, 1.82) is 0 Å². The molecule has 1 aliphatic heterocycles. The van der Waals surface area contributed by atoms with E-state index in [2.05, 4.69) is 29.6 Å². The molecule has 5 nitrogen and oxygen atoms in total. The van der Waals surface area contributed by atoms with Crippen LogP contribution in [-0.4, -0.2) is 35.7 Å². The highest BCUT2D eigenvalue weighted by atomic mass is 16.2. The third-order valence-corrected chi connectivity index (χ3v) is 6.39. The van der Waals surface area contributed by atoms with Crippen molar-refractivity contribution in [2.45, 2.75) is 38.0 Å². The molecule has 1 saturated carbocycles. The quantitative estimate of drug-likeness (QED) is 0.719. The summed E-state index contributed by atoms with van der Waals surface area (Å²) in [5, 5.41) is 2.92. The Labute approximate surface area is 177 Å². The molecule has 30 heavy (non-hydrogen) atoms. The Bertz CT molecular complexity index is 834. The van der Waals surface area contributed by atoms with Crippen LogP contribution in [-0.2, 0) is 14.4 Å². The molecule has 0 bridgehead atoms. The van der Waals surface area contributed by atoms with Gasteiger partial charge in [0, 0.05) is 12.5 Å². The Morgan fingerprint density at radius 3 is 1.87 bits per heavy atom. The standard InChI is InChI=1S/C25H28N2O3/c28-23(17-27-24(29)21-13-7-8-14-22(21)25(27)30)26-16-15-20(18-9-3-1-4-10-18)19-11-5-2-6-12-19/h1-6,9-12,20-22H,7-8,13-17H2,(H,26,28). The summed E-state index contributed by atoms with van der Waals surface area (Å²) in [4.78, 5) is 38.8. The van der Waals surface area contributed by atoms with Crippen LogP contribution in [0.5, 0.6) is 0 Å². The van der Waals surface area contributed by atoms with Gasteiger partial charge in [-0.25, -0.2) is 0 Å². The number of fused-ring (bicyclic) bond motifs is 1. The van der Waals surface area contributed by atoms with Gasteiger partial charge in [0.25, 0.3) is 0 Å². The Morgan fingerprint density at radius 1 is 0.867 bits per heavy atom. The van der Waals surface area contributed by atoms with E-state index < -0.39 is 0 Å². The zero-order chi connectivity index (χ0) is 20.9. The molecule has 0 radical (unpaired) electrons. The summed E-state index contributed by atoms with van der Waals surface area (Å²) in [6, 6.07) is 20.5. The van der Waals surface area contributed by atoms with E-state index >= 15 is 0 Å². The van der Waals surface area contributed by atoms with Crippen molar-refractivity contribution >= 4 is 17.7 Å². The molecular formula is C25H28N2O3. The molecule has 0 aromatic heterocycles. The number of likely N-dealkylation sites (tertiary alicyclic amines) is 1. The zero-order valence-corrected chi connectivity index (χ0v) is 17.1. The third-order valence-electron chi connectivity index (χ3n) is 6.39. The second kappa shape index (κ2) is 9.24. The van der Waals surface area contributed by atoms with Gasteiger partial charge in [0.2, 0.25) is 17.7 Å². The highest BCUT2D eigenvalue weighted by Gasteiger charge is 2.48. The average Bonchev–Trinajstić information content (AvgIpc) is 3.03. The molecule has 0 spiro atoms. The topological polar surface area (TPSA) is 66.5 Å². The number of hydrogen-bond acceptors (Lipinski definition) is 3. The first-order valence-electron chi connectivity index (χ1n) is 10.9. The van der Waals surface area contributed by atoms with Crippen LogP contribution >= 0.6 is 0 Å². The minimum atomic E-state index is -0.268. The van der Waals surface area contributed by atoms with Gasteiger partial charge in [-0.15, -0.1) is 0 Å². The molecule has 2 fully saturated rings. The summed E-state index contributed by atoms with van der Waals surface area (Å²) in [7, 11) is 0. The van der Waals surface area contributed by atoms with Crippen LogP contribution in [0.3, 0.4) is 0 Å². The van der Waals surface area contributed by atoms with Crippen LogP contribution in [0.15, 0.2) is 60.7 Å². The number of carbonyl (C=O) groups excluding carboxylic acids is 3. The lowest BCUT2D eigenvalue weighted by Gasteiger charge is -2.19. The lowest BCUT2D eigenvalue weighted by Crippen LogP contribution is -2.41. The summed E-state index contributed by atoms with van der Waals surface area (Å²) in [5.41, 5.74) is 2.40. The first-order valence-corrected chi connectivity index (χ1v) is 10.9. The van der Waals surface area contributed by atoms with Crippen LogP contribution < -0.4 is 5.32 Å². The molecule has 1 saturated heterocycles. The molecule has 2 aliphatic rings. The number of imide groups is 1. The predicted octanol–water partition coefficient (Wildman–Crippen LogP) is 3.50. The first kappa shape index (κ1) is 20.3. The second-order valence-corrected chi connectivity index (χ2v) is 8.27. The van der Waals surface area contributed by atoms with Gasteiger partial charge in [-0.3, -0.25) is 19.3 Å². The lowest BCUT2D eigenvalue weighted by molar-refractivity contribution is -0.143. The monoisotopic (exact) mass is 404 g/mol. The number of carbonyl (C=O) groups is 3. The summed E-state index contributed by atoms with van der Waals surface area (Å²) in [5.74, 6) is -0.836. The van der Waals surface area contributed by atoms with E-state index in [1.807, 2.05) is 36.4 Å². The molecule has 2 aromatic rings. The number of rotatable bonds is 7. The van der Waals surface area contributed by atoms with Gasteiger partial charge in [0.1, 0.15) is 6.54 Å². The minimum Gasteiger partial charge on any atom is -0.355 e. The molecule has 2 aromatic carbocycles. The summed E-state index contributed by atoms with van der Waals surface area (Å²) in [6.07, 6.45) is 4.25. The van der Waals surface area contributed by atoms with E-state index in [4.69, 9.17) is 0 Å². The van der Waals surface area contributed by atoms with Crippen LogP contribution in [0.25, 0.3) is 0 Å². The molecular weight excluding hydrogens is 376 g/mol. The summed E-state index contributed by atoms with van der Waals surface area (Å²) >= 11 is 0. The zero-order valence-electron chi connectivity index (χ0n) is 17.1. The van der Waals surface area contributed by atoms with E-state index in [0.717, 1.165) is 32.1 Å². The highest BCUT2D eigenvalue weighted by Crippen LogP contribution is 2.37. The van der Waals surface area contributed by atoms with Crippen LogP contribution in [0.1, 0.15) is 49.1 Å². The Hall–Kier alpha value is -2.95. The molecule has 5 heteroatoms. The smallest absolute Gasteiger partial charge is 0.240 e. The first-order chi connectivity index (χ1) is 14.6. The van der Waals surface area contributed by atoms with Gasteiger partial charge < -0.3 is 5.32 Å². The largest absolute Gasteiger partial charge is 0.355 e. The lowest BCUT2D eigenvalue weighted by atomic mass is 9.81. The van der Waals surface area contributed by atoms with Crippen molar-refractivity contribution in [3.8, 4) is 0 Å². The van der Waals surface area contributed by atoms with Gasteiger partial charge in [0.15, 0.2) is 0 Å². The van der Waals surface area contributed by atoms with Gasteiger partial charge in [-0.2, -0.15) is 0 Å². The fourth-order valence-corrected chi connectivity index (χ4v) is 4.84. The van der Waals surface area contributed by atoms with Gasteiger partial charge >= 0.3 is 0 Å². The van der Waals surface area contributed by atoms with Crippen molar-refractivity contribution in [2.24, 2.45) is 11.8 Å². The predicted molar refractivity (Wildman–Crippen MR) is 115 cm³/mol. The maximum atomic E-state index is 12.6. The third kappa shape index (κ3) is 4.30. The molecule has 3 amide bonds. The molecule has 2 atom stereocenters. The maximum Gasteiger partial charge on any atom is 0.240 e. The fraction of sp³-hybridized carbons (Fsp3) is 0.400. The second-order valence-electron chi connectivity index (χ2n) is 8.27. The van der Waals surface area contributed by atoms with Crippen LogP contribution in [0, 0.1) is 11.8 Å². The highest BCUT2D eigenvalue weighted by molar-refractivity contribution is 6.07. The molecule has 4 rings (SSSR count). The molecule has 156 valence electrons. The summed E-state index contributed by atoms with van der Waals surface area (Å²) < 4.78 is 0. The SMILES string of the molecule is O=C(CN1C(=O)C2CCCCC2C1=O)NCCC(c1ccccc1)c1ccccc1. The van der Waals surface area contributed by atoms with Crippen molar-refractivity contribution < 1.29 is 14.4 Å². The van der Waals surface area contributed by atoms with Gasteiger partial charge in [-0.05, 0) is 30.4 Å². The van der Waals surface area contributed by atoms with Crippen molar-refractivity contribution in [3.05, 3.63) is 71.8 Å². The fourth-order valence-electron chi connectivity index (χ4n) is 4.84. The van der Waals surface area contributed by atoms with E-state index in [1.165, 1.54) is 16.0 Å². The Balaban J connectivity index is 1.35. The number of nitrogens with zero attached hydrogens (tertiary/aromatic N) is 1. The Morgan fingerprint density at radius 2 is 1.37 bits per heavy atom. The van der Waals surface area contributed by atoms with Gasteiger partial charge in [0.05, 0.1) is 11.8 Å². The van der Waals surface area contributed by atoms with Crippen LogP contribution in [0.2, 0.25) is 0 Å². The van der Waals surface area contributed by atoms with Crippen LogP contribution in [0.4, 0.5) is 0 Å². The van der Waals surface area contributed by atoms with Crippen molar-refractivity contribution in [1.82, 2.24) is 10.2 Å². The number of benzene rings is 2. The van der Waals surface area contributed by atoms with E-state index in [-0.39, 0.29) is 42.0 Å². The van der Waals surface area contributed by atoms with E-state index in [0.29, 0.717) is 6.54 Å². The average molecular weight is 405 g/mol.